The summed E-state index contributed by atoms with van der Waals surface area (Å²) in [5.41, 5.74) is 6.56. The predicted molar refractivity (Wildman–Crippen MR) is 159 cm³/mol. The molecule has 2 fully saturated rings. The summed E-state index contributed by atoms with van der Waals surface area (Å²) in [6.45, 7) is 4.58. The second-order valence-electron chi connectivity index (χ2n) is 11.3. The van der Waals surface area contributed by atoms with Crippen LogP contribution in [0.1, 0.15) is 17.2 Å². The Balaban J connectivity index is 1.18. The number of hydrogen-bond donors (Lipinski definition) is 3. The third-order valence-corrected chi connectivity index (χ3v) is 8.06. The van der Waals surface area contributed by atoms with E-state index in [1.54, 1.807) is 10.7 Å². The standard InChI is InChI=1S/C29H32F4N10O/c1-40-7-9-42(10-8-40)13-18-3-5-19(12-21(18)29(31,32)33)37-28(44)38-23-6-4-17(11-22(23)30)25-24-26(34)35-16-36-27(24)43(39-25)20-14-41(2)15-20/h3-6,11-12,16,20H,7-10,13-15H2,1-2H3,(H2,34,35,36)(H2,37,38,44). The van der Waals surface area contributed by atoms with E-state index in [0.717, 1.165) is 32.2 Å². The molecule has 0 radical (unpaired) electrons. The van der Waals surface area contributed by atoms with Crippen LogP contribution in [0.3, 0.4) is 0 Å². The number of nitrogen functional groups attached to an aromatic ring is 1. The molecule has 0 spiro atoms. The highest BCUT2D eigenvalue weighted by molar-refractivity contribution is 6.01. The van der Waals surface area contributed by atoms with Gasteiger partial charge in [0.2, 0.25) is 0 Å². The first-order chi connectivity index (χ1) is 21.0. The van der Waals surface area contributed by atoms with Crippen LogP contribution in [0.15, 0.2) is 42.7 Å². The quantitative estimate of drug-likeness (QED) is 0.279. The molecule has 2 amide bonds. The first-order valence-electron chi connectivity index (χ1n) is 14.1. The molecular weight excluding hydrogens is 580 g/mol. The van der Waals surface area contributed by atoms with Gasteiger partial charge in [-0.1, -0.05) is 12.1 Å². The zero-order chi connectivity index (χ0) is 31.2. The second-order valence-corrected chi connectivity index (χ2v) is 11.3. The number of likely N-dealkylation sites (N-methyl/N-ethyl adjacent to an activating group) is 2. The molecule has 2 aromatic heterocycles. The predicted octanol–water partition coefficient (Wildman–Crippen LogP) is 4.11. The number of likely N-dealkylation sites (tertiary alicyclic amines) is 1. The van der Waals surface area contributed by atoms with E-state index in [1.807, 2.05) is 19.0 Å². The summed E-state index contributed by atoms with van der Waals surface area (Å²) in [5.74, 6) is -0.559. The normalized spacial score (nSPS) is 17.1. The molecule has 4 N–H and O–H groups in total. The number of rotatable bonds is 6. The molecule has 2 aliphatic rings. The molecule has 0 atom stereocenters. The molecule has 6 rings (SSSR count). The summed E-state index contributed by atoms with van der Waals surface area (Å²) in [7, 11) is 3.96. The summed E-state index contributed by atoms with van der Waals surface area (Å²) >= 11 is 0. The number of fused-ring (bicyclic) bond motifs is 1. The third-order valence-electron chi connectivity index (χ3n) is 8.06. The lowest BCUT2D eigenvalue weighted by molar-refractivity contribution is -0.138. The van der Waals surface area contributed by atoms with E-state index in [9.17, 15) is 18.0 Å². The van der Waals surface area contributed by atoms with Gasteiger partial charge in [0.15, 0.2) is 5.65 Å². The van der Waals surface area contributed by atoms with Crippen LogP contribution in [0.25, 0.3) is 22.3 Å². The van der Waals surface area contributed by atoms with Crippen LogP contribution >= 0.6 is 0 Å². The van der Waals surface area contributed by atoms with E-state index in [1.165, 1.54) is 30.6 Å². The van der Waals surface area contributed by atoms with Crippen molar-refractivity contribution >= 4 is 34.3 Å². The fourth-order valence-corrected chi connectivity index (χ4v) is 5.62. The van der Waals surface area contributed by atoms with Crippen LogP contribution in [0.2, 0.25) is 0 Å². The zero-order valence-electron chi connectivity index (χ0n) is 24.2. The highest BCUT2D eigenvalue weighted by Gasteiger charge is 2.34. The Labute approximate surface area is 250 Å². The van der Waals surface area contributed by atoms with Crippen LogP contribution < -0.4 is 16.4 Å². The summed E-state index contributed by atoms with van der Waals surface area (Å²) in [6.07, 6.45) is -3.26. The average Bonchev–Trinajstić information content (AvgIpc) is 3.34. The van der Waals surface area contributed by atoms with Crippen molar-refractivity contribution in [3.63, 3.8) is 0 Å². The third kappa shape index (κ3) is 6.02. The molecule has 2 aliphatic heterocycles. The summed E-state index contributed by atoms with van der Waals surface area (Å²) < 4.78 is 58.8. The molecule has 232 valence electrons. The Morgan fingerprint density at radius 3 is 2.43 bits per heavy atom. The van der Waals surface area contributed by atoms with E-state index in [-0.39, 0.29) is 35.3 Å². The fourth-order valence-electron chi connectivity index (χ4n) is 5.62. The summed E-state index contributed by atoms with van der Waals surface area (Å²) in [6, 6.07) is 7.00. The van der Waals surface area contributed by atoms with Gasteiger partial charge in [-0.2, -0.15) is 18.3 Å². The minimum absolute atomic E-state index is 0.0666. The van der Waals surface area contributed by atoms with Crippen molar-refractivity contribution in [3.05, 3.63) is 59.7 Å². The van der Waals surface area contributed by atoms with Crippen molar-refractivity contribution in [2.45, 2.75) is 18.8 Å². The number of alkyl halides is 3. The molecule has 0 unspecified atom stereocenters. The van der Waals surface area contributed by atoms with Crippen molar-refractivity contribution in [2.24, 2.45) is 0 Å². The maximum Gasteiger partial charge on any atom is 0.416 e. The van der Waals surface area contributed by atoms with Gasteiger partial charge >= 0.3 is 12.2 Å². The monoisotopic (exact) mass is 612 g/mol. The second kappa shape index (κ2) is 11.6. The fraction of sp³-hybridized carbons (Fsp3) is 0.379. The number of carbonyl (C=O) groups excluding carboxylic acids is 1. The highest BCUT2D eigenvalue weighted by atomic mass is 19.4. The van der Waals surface area contributed by atoms with Crippen LogP contribution in [-0.2, 0) is 12.7 Å². The van der Waals surface area contributed by atoms with Crippen molar-refractivity contribution in [3.8, 4) is 11.3 Å². The number of anilines is 3. The van der Waals surface area contributed by atoms with Crippen molar-refractivity contribution in [2.75, 3.05) is 69.7 Å². The number of amides is 2. The smallest absolute Gasteiger partial charge is 0.383 e. The average molecular weight is 613 g/mol. The minimum Gasteiger partial charge on any atom is -0.383 e. The van der Waals surface area contributed by atoms with E-state index in [0.29, 0.717) is 35.4 Å². The molecule has 15 heteroatoms. The maximum absolute atomic E-state index is 15.2. The largest absolute Gasteiger partial charge is 0.416 e. The van der Waals surface area contributed by atoms with Gasteiger partial charge in [-0.15, -0.1) is 0 Å². The summed E-state index contributed by atoms with van der Waals surface area (Å²) in [5, 5.41) is 9.94. The van der Waals surface area contributed by atoms with Gasteiger partial charge in [0.05, 0.1) is 22.7 Å². The number of benzene rings is 2. The molecule has 4 aromatic rings. The van der Waals surface area contributed by atoms with Gasteiger partial charge in [0.25, 0.3) is 0 Å². The Morgan fingerprint density at radius 1 is 1.00 bits per heavy atom. The molecule has 44 heavy (non-hydrogen) atoms. The highest BCUT2D eigenvalue weighted by Crippen LogP contribution is 2.36. The van der Waals surface area contributed by atoms with Gasteiger partial charge in [-0.05, 0) is 43.9 Å². The summed E-state index contributed by atoms with van der Waals surface area (Å²) in [4.78, 5) is 27.4. The van der Waals surface area contributed by atoms with Crippen molar-refractivity contribution in [1.82, 2.24) is 34.4 Å². The maximum atomic E-state index is 15.2. The Hall–Kier alpha value is -4.34. The Kier molecular flexibility index (Phi) is 7.86. The van der Waals surface area contributed by atoms with Gasteiger partial charge in [-0.25, -0.2) is 23.8 Å². The van der Waals surface area contributed by atoms with Crippen LogP contribution in [0.5, 0.6) is 0 Å². The Morgan fingerprint density at radius 2 is 1.75 bits per heavy atom. The lowest BCUT2D eigenvalue weighted by atomic mass is 10.0. The van der Waals surface area contributed by atoms with Gasteiger partial charge in [0, 0.05) is 57.1 Å². The van der Waals surface area contributed by atoms with Crippen LogP contribution in [0.4, 0.5) is 39.5 Å². The molecule has 2 aromatic carbocycles. The van der Waals surface area contributed by atoms with E-state index in [4.69, 9.17) is 5.73 Å². The lowest BCUT2D eigenvalue weighted by Crippen LogP contribution is -2.45. The number of aromatic nitrogens is 4. The number of urea groups is 1. The molecule has 0 bridgehead atoms. The van der Waals surface area contributed by atoms with Crippen LogP contribution in [-0.4, -0.2) is 93.8 Å². The number of hydrogen-bond acceptors (Lipinski definition) is 8. The number of piperazine rings is 1. The Bertz CT molecular complexity index is 1690. The van der Waals surface area contributed by atoms with Crippen LogP contribution in [0, 0.1) is 5.82 Å². The number of nitrogens with two attached hydrogens (primary N) is 1. The number of halogens is 4. The van der Waals surface area contributed by atoms with Gasteiger partial charge in [0.1, 0.15) is 23.7 Å². The van der Waals surface area contributed by atoms with Gasteiger partial charge < -0.3 is 26.2 Å². The first kappa shape index (κ1) is 29.7. The molecule has 4 heterocycles. The molecular formula is C29H32F4N10O. The number of carbonyl (C=O) groups is 1. The van der Waals surface area contributed by atoms with E-state index >= 15 is 4.39 Å². The van der Waals surface area contributed by atoms with Crippen molar-refractivity contribution in [1.29, 1.82) is 0 Å². The topological polar surface area (TPSA) is 120 Å². The molecule has 0 saturated carbocycles. The lowest BCUT2D eigenvalue weighted by Gasteiger charge is -2.36. The SMILES string of the molecule is CN1CCN(Cc2ccc(NC(=O)Nc3ccc(-c4nn(C5CN(C)C5)c5ncnc(N)c45)cc3F)cc2C(F)(F)F)CC1. The minimum atomic E-state index is -4.61. The number of nitrogens with zero attached hydrogens (tertiary/aromatic N) is 7. The van der Waals surface area contributed by atoms with E-state index in [2.05, 4.69) is 35.5 Å². The van der Waals surface area contributed by atoms with E-state index < -0.39 is 23.6 Å². The zero-order valence-corrected chi connectivity index (χ0v) is 24.2. The van der Waals surface area contributed by atoms with Crippen molar-refractivity contribution < 1.29 is 22.4 Å². The number of nitrogens with one attached hydrogen (secondary N) is 2. The molecule has 0 aliphatic carbocycles. The van der Waals surface area contributed by atoms with Gasteiger partial charge in [-0.3, -0.25) is 4.90 Å². The molecule has 11 nitrogen and oxygen atoms in total. The molecule has 2 saturated heterocycles. The first-order valence-corrected chi connectivity index (χ1v) is 14.1.